The van der Waals surface area contributed by atoms with Gasteiger partial charge in [0.15, 0.2) is 11.5 Å². The Morgan fingerprint density at radius 3 is 2.58 bits per heavy atom. The molecule has 1 aromatic rings. The molecule has 1 saturated heterocycles. The predicted molar refractivity (Wildman–Crippen MR) is 80.4 cm³/mol. The zero-order valence-electron chi connectivity index (χ0n) is 10.5. The van der Waals surface area contributed by atoms with E-state index in [1.54, 1.807) is 0 Å². The van der Waals surface area contributed by atoms with Crippen molar-refractivity contribution in [1.29, 1.82) is 0 Å². The molecule has 0 radical (unpaired) electrons. The van der Waals surface area contributed by atoms with Crippen LogP contribution in [-0.2, 0) is 4.74 Å². The summed E-state index contributed by atoms with van der Waals surface area (Å²) in [6.45, 7) is 2.13. The third-order valence-electron chi connectivity index (χ3n) is 3.49. The van der Waals surface area contributed by atoms with Gasteiger partial charge < -0.3 is 14.2 Å². The van der Waals surface area contributed by atoms with E-state index < -0.39 is 0 Å². The third kappa shape index (κ3) is 3.09. The zero-order chi connectivity index (χ0) is 13.2. The van der Waals surface area contributed by atoms with Gasteiger partial charge >= 0.3 is 0 Å². The van der Waals surface area contributed by atoms with E-state index in [1.165, 1.54) is 12.0 Å². The Bertz CT molecular complexity index is 458. The third-order valence-corrected chi connectivity index (χ3v) is 5.05. The monoisotopic (exact) mass is 390 g/mol. The first-order valence-corrected chi connectivity index (χ1v) is 8.29. The second-order valence-corrected chi connectivity index (χ2v) is 6.82. The molecular weight excluding hydrogens is 376 g/mol. The van der Waals surface area contributed by atoms with Crippen LogP contribution in [0.4, 0.5) is 0 Å². The highest BCUT2D eigenvalue weighted by atomic mass is 79.9. The summed E-state index contributed by atoms with van der Waals surface area (Å²) in [5.74, 6) is 1.65. The van der Waals surface area contributed by atoms with Crippen molar-refractivity contribution in [3.63, 3.8) is 0 Å². The molecule has 104 valence electrons. The second kappa shape index (κ2) is 6.02. The number of alkyl halides is 1. The molecule has 2 atom stereocenters. The molecule has 3 rings (SSSR count). The van der Waals surface area contributed by atoms with Crippen molar-refractivity contribution >= 4 is 31.9 Å². The molecule has 0 saturated carbocycles. The molecule has 0 amide bonds. The van der Waals surface area contributed by atoms with Crippen LogP contribution in [0.3, 0.4) is 0 Å². The van der Waals surface area contributed by atoms with Crippen LogP contribution in [0.1, 0.15) is 29.7 Å². The van der Waals surface area contributed by atoms with Crippen molar-refractivity contribution < 1.29 is 14.2 Å². The SMILES string of the molecule is Brc1cc2c(cc1C(Br)CC1CCCO1)OCCO2. The first-order chi connectivity index (χ1) is 9.24. The minimum absolute atomic E-state index is 0.265. The Morgan fingerprint density at radius 2 is 1.89 bits per heavy atom. The first kappa shape index (κ1) is 13.7. The van der Waals surface area contributed by atoms with E-state index in [0.717, 1.165) is 35.4 Å². The molecular formula is C14H16Br2O3. The highest BCUT2D eigenvalue weighted by Crippen LogP contribution is 2.42. The van der Waals surface area contributed by atoms with Crippen LogP contribution >= 0.6 is 31.9 Å². The summed E-state index contributed by atoms with van der Waals surface area (Å²) in [6, 6.07) is 4.06. The summed E-state index contributed by atoms with van der Waals surface area (Å²) in [4.78, 5) is 0.265. The van der Waals surface area contributed by atoms with Gasteiger partial charge in [-0.25, -0.2) is 0 Å². The van der Waals surface area contributed by atoms with Crippen LogP contribution in [0, 0.1) is 0 Å². The van der Waals surface area contributed by atoms with Gasteiger partial charge in [-0.15, -0.1) is 0 Å². The molecule has 2 aliphatic rings. The topological polar surface area (TPSA) is 27.7 Å². The summed E-state index contributed by atoms with van der Waals surface area (Å²) in [5.41, 5.74) is 1.19. The lowest BCUT2D eigenvalue weighted by Gasteiger charge is -2.22. The lowest BCUT2D eigenvalue weighted by atomic mass is 10.0. The van der Waals surface area contributed by atoms with Gasteiger partial charge in [-0.3, -0.25) is 0 Å². The maximum Gasteiger partial charge on any atom is 0.162 e. The van der Waals surface area contributed by atoms with E-state index in [2.05, 4.69) is 37.9 Å². The van der Waals surface area contributed by atoms with Gasteiger partial charge in [-0.1, -0.05) is 31.9 Å². The van der Waals surface area contributed by atoms with Gasteiger partial charge in [0.1, 0.15) is 13.2 Å². The summed E-state index contributed by atoms with van der Waals surface area (Å²) in [7, 11) is 0. The van der Waals surface area contributed by atoms with Gasteiger partial charge in [0, 0.05) is 15.9 Å². The minimum atomic E-state index is 0.265. The fourth-order valence-electron chi connectivity index (χ4n) is 2.51. The molecule has 0 aliphatic carbocycles. The lowest BCUT2D eigenvalue weighted by molar-refractivity contribution is 0.104. The smallest absolute Gasteiger partial charge is 0.162 e. The average molecular weight is 392 g/mol. The summed E-state index contributed by atoms with van der Waals surface area (Å²) >= 11 is 7.39. The van der Waals surface area contributed by atoms with Crippen LogP contribution in [0.25, 0.3) is 0 Å². The van der Waals surface area contributed by atoms with E-state index in [4.69, 9.17) is 14.2 Å². The second-order valence-electron chi connectivity index (χ2n) is 4.86. The molecule has 2 aliphatic heterocycles. The highest BCUT2D eigenvalue weighted by molar-refractivity contribution is 9.11. The minimum Gasteiger partial charge on any atom is -0.486 e. The first-order valence-electron chi connectivity index (χ1n) is 6.59. The van der Waals surface area contributed by atoms with Gasteiger partial charge in [-0.2, -0.15) is 0 Å². The van der Waals surface area contributed by atoms with E-state index in [9.17, 15) is 0 Å². The molecule has 3 nitrogen and oxygen atoms in total. The maximum absolute atomic E-state index is 5.70. The van der Waals surface area contributed by atoms with Crippen LogP contribution in [0.5, 0.6) is 11.5 Å². The Kier molecular flexibility index (Phi) is 4.34. The van der Waals surface area contributed by atoms with Crippen molar-refractivity contribution in [2.45, 2.75) is 30.2 Å². The number of ether oxygens (including phenoxy) is 3. The zero-order valence-corrected chi connectivity index (χ0v) is 13.7. The van der Waals surface area contributed by atoms with Crippen LogP contribution in [0.2, 0.25) is 0 Å². The molecule has 0 bridgehead atoms. The Hall–Kier alpha value is -0.260. The molecule has 5 heteroatoms. The Morgan fingerprint density at radius 1 is 1.16 bits per heavy atom. The van der Waals surface area contributed by atoms with Crippen molar-refractivity contribution in [3.8, 4) is 11.5 Å². The normalized spacial score (nSPS) is 23.4. The van der Waals surface area contributed by atoms with Crippen molar-refractivity contribution in [1.82, 2.24) is 0 Å². The fourth-order valence-corrected chi connectivity index (χ4v) is 4.21. The highest BCUT2D eigenvalue weighted by Gasteiger charge is 2.23. The quantitative estimate of drug-likeness (QED) is 0.721. The van der Waals surface area contributed by atoms with E-state index in [-0.39, 0.29) is 4.83 Å². The van der Waals surface area contributed by atoms with E-state index in [1.807, 2.05) is 6.07 Å². The number of fused-ring (bicyclic) bond motifs is 1. The van der Waals surface area contributed by atoms with Crippen molar-refractivity contribution in [2.75, 3.05) is 19.8 Å². The van der Waals surface area contributed by atoms with Gasteiger partial charge in [0.05, 0.1) is 6.10 Å². The summed E-state index contributed by atoms with van der Waals surface area (Å²) < 4.78 is 18.0. The predicted octanol–water partition coefficient (Wildman–Crippen LogP) is 4.23. The molecule has 1 fully saturated rings. The van der Waals surface area contributed by atoms with Crippen LogP contribution in [-0.4, -0.2) is 25.9 Å². The van der Waals surface area contributed by atoms with Crippen molar-refractivity contribution in [3.05, 3.63) is 22.2 Å². The molecule has 2 unspecified atom stereocenters. The largest absolute Gasteiger partial charge is 0.486 e. The van der Waals surface area contributed by atoms with E-state index >= 15 is 0 Å². The van der Waals surface area contributed by atoms with E-state index in [0.29, 0.717) is 19.3 Å². The van der Waals surface area contributed by atoms with Gasteiger partial charge in [-0.05, 0) is 37.0 Å². The molecule has 2 heterocycles. The maximum atomic E-state index is 5.70. The number of benzene rings is 1. The number of hydrogen-bond acceptors (Lipinski definition) is 3. The standard InChI is InChI=1S/C14H16Br2O3/c15-11(6-9-2-1-3-17-9)10-7-13-14(8-12(10)16)19-5-4-18-13/h7-9,11H,1-6H2. The number of hydrogen-bond donors (Lipinski definition) is 0. The number of halogens is 2. The average Bonchev–Trinajstić information content (AvgIpc) is 2.90. The van der Waals surface area contributed by atoms with Gasteiger partial charge in [0.25, 0.3) is 0 Å². The molecule has 0 N–H and O–H groups in total. The lowest BCUT2D eigenvalue weighted by Crippen LogP contribution is -2.16. The molecule has 1 aromatic carbocycles. The summed E-state index contributed by atoms with van der Waals surface area (Å²) in [5, 5.41) is 0. The Balaban J connectivity index is 1.78. The molecule has 0 spiro atoms. The number of rotatable bonds is 3. The molecule has 0 aromatic heterocycles. The van der Waals surface area contributed by atoms with Gasteiger partial charge in [0.2, 0.25) is 0 Å². The van der Waals surface area contributed by atoms with Crippen molar-refractivity contribution in [2.24, 2.45) is 0 Å². The summed E-state index contributed by atoms with van der Waals surface area (Å²) in [6.07, 6.45) is 3.68. The molecule has 19 heavy (non-hydrogen) atoms. The van der Waals surface area contributed by atoms with Crippen LogP contribution in [0.15, 0.2) is 16.6 Å². The van der Waals surface area contributed by atoms with Crippen LogP contribution < -0.4 is 9.47 Å². The Labute approximate surface area is 129 Å². The fraction of sp³-hybridized carbons (Fsp3) is 0.571.